The smallest absolute Gasteiger partial charge is 0.790 e. The van der Waals surface area contributed by atoms with Crippen molar-refractivity contribution in [2.24, 2.45) is 0 Å². The van der Waals surface area contributed by atoms with Crippen LogP contribution in [0.25, 0.3) is 0 Å². The molecule has 25 heteroatoms. The Kier molecular flexibility index (Phi) is 58.2. The number of methoxy groups -OCH3 is 2. The molecule has 2 rings (SSSR count). The summed E-state index contributed by atoms with van der Waals surface area (Å²) in [6.07, 6.45) is 28.8. The molecule has 2 heterocycles. The predicted octanol–water partition coefficient (Wildman–Crippen LogP) is 6.36. The van der Waals surface area contributed by atoms with Gasteiger partial charge in [0, 0.05) is 40.3 Å². The Bertz CT molecular complexity index is 1910. The maximum Gasteiger partial charge on any atom is 1.00 e. The predicted molar refractivity (Wildman–Crippen MR) is 342 cm³/mol. The summed E-state index contributed by atoms with van der Waals surface area (Å²) < 4.78 is 78.6. The van der Waals surface area contributed by atoms with E-state index >= 15 is 0 Å². The van der Waals surface area contributed by atoms with Gasteiger partial charge >= 0.3 is 66.9 Å². The van der Waals surface area contributed by atoms with Gasteiger partial charge in [-0.05, 0) is 57.8 Å². The number of hydrogen-bond donors (Lipinski definition) is 5. The Morgan fingerprint density at radius 3 is 1.47 bits per heavy atom. The summed E-state index contributed by atoms with van der Waals surface area (Å²) in [6.45, 7) is 7.79. The number of amides is 2. The Morgan fingerprint density at radius 1 is 0.505 bits per heavy atom. The molecule has 0 saturated carbocycles. The van der Waals surface area contributed by atoms with E-state index in [2.05, 4.69) is 50.5 Å². The third-order valence-corrected chi connectivity index (χ3v) is 17.8. The molecule has 0 radical (unpaired) electrons. The number of phosphoric acid groups is 2. The van der Waals surface area contributed by atoms with Gasteiger partial charge in [0.05, 0.1) is 33.6 Å². The van der Waals surface area contributed by atoms with Gasteiger partial charge in [-0.15, -0.1) is 0 Å². The summed E-state index contributed by atoms with van der Waals surface area (Å²) in [7, 11) is -8.21. The van der Waals surface area contributed by atoms with Crippen LogP contribution in [0.5, 0.6) is 0 Å². The third kappa shape index (κ3) is 45.5. The fraction of sp³-hybridized carbons (Fsp3) is 0.924. The maximum absolute atomic E-state index is 14.1. The van der Waals surface area contributed by atoms with Gasteiger partial charge in [-0.3, -0.25) is 18.9 Å². The number of aliphatic hydroxyl groups excluding tert-OH is 1. The zero-order valence-corrected chi connectivity index (χ0v) is 63.7. The van der Waals surface area contributed by atoms with E-state index in [0.717, 1.165) is 161 Å². The van der Waals surface area contributed by atoms with Crippen LogP contribution < -0.4 is 79.5 Å². The first kappa shape index (κ1) is 91.2. The number of phosphoric ester groups is 2. The molecule has 0 aromatic carbocycles. The average Bonchev–Trinajstić information content (AvgIpc) is 0.828. The van der Waals surface area contributed by atoms with Gasteiger partial charge < -0.3 is 77.6 Å². The van der Waals surface area contributed by atoms with Crippen LogP contribution in [0.3, 0.4) is 0 Å². The first-order chi connectivity index (χ1) is 42.9. The van der Waals surface area contributed by atoms with Crippen LogP contribution >= 0.6 is 15.6 Å². The zero-order chi connectivity index (χ0) is 65.4. The van der Waals surface area contributed by atoms with E-state index in [1.165, 1.54) is 58.5 Å². The number of hydrogen-bond acceptors (Lipinski definition) is 17. The molecule has 0 bridgehead atoms. The monoisotopic (exact) mass is 1360 g/mol. The van der Waals surface area contributed by atoms with E-state index < -0.39 is 102 Å². The van der Waals surface area contributed by atoms with Crippen molar-refractivity contribution in [1.29, 1.82) is 0 Å². The second kappa shape index (κ2) is 58.1. The number of allylic oxidation sites excluding steroid dienone is 2. The van der Waals surface area contributed by atoms with Gasteiger partial charge in [0.25, 0.3) is 0 Å². The Morgan fingerprint density at radius 2 is 0.956 bits per heavy atom. The molecule has 5 N–H and O–H groups in total. The molecule has 524 valence electrons. The van der Waals surface area contributed by atoms with Crippen LogP contribution in [0.1, 0.15) is 285 Å². The summed E-state index contributed by atoms with van der Waals surface area (Å²) in [5.41, 5.74) is 0. The van der Waals surface area contributed by atoms with E-state index in [1.807, 2.05) is 0 Å². The molecule has 0 aromatic heterocycles. The fourth-order valence-electron chi connectivity index (χ4n) is 11.7. The summed E-state index contributed by atoms with van der Waals surface area (Å²) in [4.78, 5) is 86.5. The SMILES string of the molecule is CCCCCCC=CCCCCCCCCCC(=O)NC1C(OCC2OC(OP(=O)([O-])[O-])C(NC(=O)CC(=O)CCCCCCCCCCC)C(OCCCCCCCCCC)C2O)OC(COC)C(OP(=O)(O)O)C1OCCC(CCCCCCC)OC.[Na+].[Na+]. The molecule has 2 aliphatic heterocycles. The van der Waals surface area contributed by atoms with Crippen LogP contribution in [-0.2, 0) is 65.7 Å². The van der Waals surface area contributed by atoms with Gasteiger partial charge in [-0.2, -0.15) is 0 Å². The minimum Gasteiger partial charge on any atom is -0.790 e. The van der Waals surface area contributed by atoms with Crippen molar-refractivity contribution in [2.75, 3.05) is 40.6 Å². The second-order valence-electron chi connectivity index (χ2n) is 24.8. The molecule has 0 spiro atoms. The molecule has 0 aliphatic carbocycles. The first-order valence-corrected chi connectivity index (χ1v) is 38.0. The van der Waals surface area contributed by atoms with Crippen molar-refractivity contribution >= 4 is 33.2 Å². The summed E-state index contributed by atoms with van der Waals surface area (Å²) >= 11 is 0. The second-order valence-corrected chi connectivity index (χ2v) is 27.1. The zero-order valence-electron chi connectivity index (χ0n) is 57.9. The maximum atomic E-state index is 14.1. The number of carbonyl (C=O) groups excluding carboxylic acids is 3. The minimum absolute atomic E-state index is 0. The van der Waals surface area contributed by atoms with E-state index in [4.69, 9.17) is 42.2 Å². The number of ether oxygens (including phenoxy) is 7. The van der Waals surface area contributed by atoms with Crippen LogP contribution in [0.4, 0.5) is 0 Å². The molecule has 2 fully saturated rings. The minimum atomic E-state index is -5.89. The van der Waals surface area contributed by atoms with Gasteiger partial charge in [0.2, 0.25) is 11.8 Å². The molecule has 11 atom stereocenters. The van der Waals surface area contributed by atoms with Crippen LogP contribution in [0.2, 0.25) is 0 Å². The molecule has 2 amide bonds. The van der Waals surface area contributed by atoms with E-state index in [1.54, 1.807) is 7.11 Å². The van der Waals surface area contributed by atoms with Crippen molar-refractivity contribution in [3.8, 4) is 0 Å². The number of nitrogens with one attached hydrogen (secondary N) is 2. The Hall–Kier alpha value is 0.250. The number of aliphatic hydroxyl groups is 1. The van der Waals surface area contributed by atoms with Crippen molar-refractivity contribution in [2.45, 2.75) is 352 Å². The molecule has 2 saturated heterocycles. The topological polar surface area (TPSA) is 299 Å². The van der Waals surface area contributed by atoms with Crippen molar-refractivity contribution < 1.29 is 150 Å². The summed E-state index contributed by atoms with van der Waals surface area (Å²) in [5.74, 6) is -1.60. The molecule has 2 aliphatic rings. The normalized spacial score (nSPS) is 22.4. The Balaban J connectivity index is 0.0000405. The van der Waals surface area contributed by atoms with E-state index in [9.17, 15) is 48.2 Å². The quantitative estimate of drug-likeness (QED) is 0.0146. The van der Waals surface area contributed by atoms with Gasteiger partial charge in [0.1, 0.15) is 54.5 Å². The van der Waals surface area contributed by atoms with E-state index in [-0.39, 0.29) is 104 Å². The van der Waals surface area contributed by atoms with Crippen LogP contribution in [0, 0.1) is 0 Å². The molecule has 0 aromatic rings. The molecule has 21 nitrogen and oxygen atoms in total. The first-order valence-electron chi connectivity index (χ1n) is 35.0. The number of rotatable bonds is 59. The van der Waals surface area contributed by atoms with Gasteiger partial charge in [-0.1, -0.05) is 220 Å². The number of ketones is 1. The van der Waals surface area contributed by atoms with Crippen LogP contribution in [0.15, 0.2) is 12.2 Å². The van der Waals surface area contributed by atoms with Crippen LogP contribution in [-0.4, -0.2) is 141 Å². The number of carbonyl (C=O) groups is 3. The van der Waals surface area contributed by atoms with Gasteiger partial charge in [-0.25, -0.2) is 4.57 Å². The van der Waals surface area contributed by atoms with Crippen molar-refractivity contribution in [1.82, 2.24) is 10.6 Å². The number of Topliss-reactive ketones (excluding diaryl/α,β-unsaturated/α-hetero) is 1. The molecular weight excluding hydrogens is 1230 g/mol. The fourth-order valence-corrected chi connectivity index (χ4v) is 12.7. The summed E-state index contributed by atoms with van der Waals surface area (Å²) in [6, 6.07) is -2.94. The molecule has 11 unspecified atom stereocenters. The standard InChI is InChI=1S/C66H126N2O19P2.2Na/c1-7-11-15-19-22-25-26-27-28-29-30-32-34-38-42-46-57(70)67-60-64(82-49-47-54(80-6)45-41-36-18-14-10-4)62(86-88(73,74)75)56(51-79-5)85-65(60)83-52-55-61(72)63(81-48-43-39-35-24-21-17-13-9-3)59(66(84-55)87-89(76,77)78)68-58(71)50-53(69)44-40-37-33-31-23-20-16-12-8-2;;/h25-26,54-56,59-66,72H,7-24,27-52H2,1-6H3,(H,67,70)(H,68,71)(H2,73,74,75)(H2,76,77,78);;/q;2*+1/p-2. The summed E-state index contributed by atoms with van der Waals surface area (Å²) in [5, 5.41) is 17.8. The van der Waals surface area contributed by atoms with E-state index in [0.29, 0.717) is 25.7 Å². The number of unbranched alkanes of at least 4 members (excludes halogenated alkanes) is 30. The Labute approximate surface area is 593 Å². The molecular formula is C66H124N2Na2O19P2. The third-order valence-electron chi connectivity index (χ3n) is 16.8. The largest absolute Gasteiger partial charge is 1.00 e. The average molecular weight is 1360 g/mol. The van der Waals surface area contributed by atoms with Gasteiger partial charge in [0.15, 0.2) is 12.6 Å². The molecule has 91 heavy (non-hydrogen) atoms. The van der Waals surface area contributed by atoms with Crippen molar-refractivity contribution in [3.05, 3.63) is 12.2 Å². The van der Waals surface area contributed by atoms with Crippen molar-refractivity contribution in [3.63, 3.8) is 0 Å².